The summed E-state index contributed by atoms with van der Waals surface area (Å²) < 4.78 is 40.3. The van der Waals surface area contributed by atoms with E-state index < -0.39 is 20.7 Å². The number of benzene rings is 1. The van der Waals surface area contributed by atoms with Crippen LogP contribution in [-0.2, 0) is 22.9 Å². The quantitative estimate of drug-likeness (QED) is 0.850. The molecule has 0 fully saturated rings. The summed E-state index contributed by atoms with van der Waals surface area (Å²) in [6.07, 6.45) is 2.83. The van der Waals surface area contributed by atoms with E-state index in [2.05, 4.69) is 9.71 Å². The van der Waals surface area contributed by atoms with Gasteiger partial charge in [-0.3, -0.25) is 4.72 Å². The molecule has 1 aliphatic rings. The van der Waals surface area contributed by atoms with Crippen LogP contribution in [0.2, 0.25) is 0 Å². The number of hydrogen-bond acceptors (Lipinski definition) is 5. The van der Waals surface area contributed by atoms with Crippen molar-refractivity contribution in [2.75, 3.05) is 10.5 Å². The van der Waals surface area contributed by atoms with Gasteiger partial charge in [-0.05, 0) is 37.5 Å². The number of fused-ring (bicyclic) bond motifs is 1. The van der Waals surface area contributed by atoms with Gasteiger partial charge < -0.3 is 5.73 Å². The molecule has 3 N–H and O–H groups in total. The Balaban J connectivity index is 1.93. The number of nitrogens with one attached hydrogen (secondary N) is 1. The number of sulfonamides is 1. The number of halogens is 1. The monoisotopic (exact) mass is 313 g/mol. The fraction of sp³-hybridized carbons (Fsp3) is 0.250. The van der Waals surface area contributed by atoms with E-state index in [1.165, 1.54) is 17.4 Å². The molecule has 5 nitrogen and oxygen atoms in total. The lowest BCUT2D eigenvalue weighted by atomic mass is 10.3. The maximum Gasteiger partial charge on any atom is 0.266 e. The zero-order valence-electron chi connectivity index (χ0n) is 10.4. The zero-order valence-corrected chi connectivity index (χ0v) is 12.0. The van der Waals surface area contributed by atoms with Gasteiger partial charge in [0.05, 0.1) is 5.69 Å². The molecule has 8 heteroatoms. The summed E-state index contributed by atoms with van der Waals surface area (Å²) in [5.74, 6) is -0.837. The molecule has 2 aromatic rings. The summed E-state index contributed by atoms with van der Waals surface area (Å²) in [5.41, 5.74) is 6.62. The Hall–Kier alpha value is -1.67. The molecule has 106 valence electrons. The fourth-order valence-corrected chi connectivity index (χ4v) is 4.53. The van der Waals surface area contributed by atoms with Crippen molar-refractivity contribution in [3.05, 3.63) is 34.6 Å². The lowest BCUT2D eigenvalue weighted by Gasteiger charge is -2.07. The highest BCUT2D eigenvalue weighted by molar-refractivity contribution is 7.93. The molecular weight excluding hydrogens is 301 g/mol. The molecule has 3 rings (SSSR count). The first-order chi connectivity index (χ1) is 9.45. The Bertz CT molecular complexity index is 750. The minimum Gasteiger partial charge on any atom is -0.399 e. The van der Waals surface area contributed by atoms with Crippen LogP contribution in [0.25, 0.3) is 0 Å². The summed E-state index contributed by atoms with van der Waals surface area (Å²) in [5, 5.41) is 0.275. The first-order valence-corrected chi connectivity index (χ1v) is 8.32. The van der Waals surface area contributed by atoms with E-state index in [0.717, 1.165) is 42.0 Å². The molecule has 0 radical (unpaired) electrons. The molecule has 1 aliphatic carbocycles. The molecule has 20 heavy (non-hydrogen) atoms. The number of aromatic nitrogens is 1. The van der Waals surface area contributed by atoms with E-state index >= 15 is 0 Å². The summed E-state index contributed by atoms with van der Waals surface area (Å²) in [6.45, 7) is 0. The molecule has 1 aromatic carbocycles. The van der Waals surface area contributed by atoms with Crippen molar-refractivity contribution in [3.8, 4) is 0 Å². The van der Waals surface area contributed by atoms with Gasteiger partial charge in [-0.1, -0.05) is 0 Å². The third-order valence-electron chi connectivity index (χ3n) is 3.06. The maximum atomic E-state index is 13.6. The molecule has 0 atom stereocenters. The number of hydrogen-bond donors (Lipinski definition) is 2. The van der Waals surface area contributed by atoms with Crippen LogP contribution in [0.3, 0.4) is 0 Å². The normalized spacial score (nSPS) is 14.2. The molecule has 0 bridgehead atoms. The summed E-state index contributed by atoms with van der Waals surface area (Å²) >= 11 is 1.30. The topological polar surface area (TPSA) is 85.1 Å². The number of rotatable bonds is 3. The molecule has 0 saturated carbocycles. The predicted molar refractivity (Wildman–Crippen MR) is 75.8 cm³/mol. The highest BCUT2D eigenvalue weighted by Crippen LogP contribution is 2.32. The Labute approximate surface area is 119 Å². The van der Waals surface area contributed by atoms with Gasteiger partial charge >= 0.3 is 0 Å². The van der Waals surface area contributed by atoms with Crippen molar-refractivity contribution >= 4 is 32.2 Å². The van der Waals surface area contributed by atoms with Gasteiger partial charge in [0.25, 0.3) is 10.0 Å². The molecular formula is C12H12FN3O2S2. The Morgan fingerprint density at radius 1 is 1.35 bits per heavy atom. The Morgan fingerprint density at radius 2 is 2.15 bits per heavy atom. The molecule has 0 saturated heterocycles. The number of nitrogens with zero attached hydrogens (tertiary/aromatic N) is 1. The van der Waals surface area contributed by atoms with E-state index in [1.54, 1.807) is 0 Å². The Morgan fingerprint density at radius 3 is 2.90 bits per heavy atom. The van der Waals surface area contributed by atoms with Crippen molar-refractivity contribution in [2.24, 2.45) is 0 Å². The summed E-state index contributed by atoms with van der Waals surface area (Å²) in [4.78, 5) is 4.86. The van der Waals surface area contributed by atoms with Gasteiger partial charge in [-0.25, -0.2) is 17.8 Å². The van der Waals surface area contributed by atoms with E-state index in [9.17, 15) is 12.8 Å². The summed E-state index contributed by atoms with van der Waals surface area (Å²) in [6, 6.07) is 3.44. The first kappa shape index (κ1) is 13.3. The second kappa shape index (κ2) is 4.71. The summed E-state index contributed by atoms with van der Waals surface area (Å²) in [7, 11) is -4.01. The number of nitrogen functional groups attached to an aromatic ring is 1. The van der Waals surface area contributed by atoms with E-state index in [4.69, 9.17) is 5.73 Å². The van der Waals surface area contributed by atoms with Gasteiger partial charge in [0, 0.05) is 10.6 Å². The van der Waals surface area contributed by atoms with Gasteiger partial charge in [0.1, 0.15) is 10.7 Å². The molecule has 0 spiro atoms. The van der Waals surface area contributed by atoms with Crippen molar-refractivity contribution in [3.63, 3.8) is 0 Å². The van der Waals surface area contributed by atoms with Crippen molar-refractivity contribution in [1.29, 1.82) is 0 Å². The van der Waals surface area contributed by atoms with E-state index in [0.29, 0.717) is 0 Å². The van der Waals surface area contributed by atoms with Crippen LogP contribution in [0.1, 0.15) is 17.0 Å². The van der Waals surface area contributed by atoms with Crippen molar-refractivity contribution < 1.29 is 12.8 Å². The van der Waals surface area contributed by atoms with Crippen LogP contribution < -0.4 is 10.5 Å². The minimum absolute atomic E-state index is 0.188. The Kier molecular flexibility index (Phi) is 3.14. The van der Waals surface area contributed by atoms with Crippen LogP contribution in [0, 0.1) is 5.82 Å². The van der Waals surface area contributed by atoms with Gasteiger partial charge in [0.2, 0.25) is 0 Å². The second-order valence-electron chi connectivity index (χ2n) is 4.54. The van der Waals surface area contributed by atoms with Crippen LogP contribution in [-0.4, -0.2) is 13.4 Å². The average molecular weight is 313 g/mol. The lowest BCUT2D eigenvalue weighted by Crippen LogP contribution is -2.15. The SMILES string of the molecule is Nc1ccc(F)c(S(=O)(=O)Nc2nc3c(s2)CCC3)c1. The number of aryl methyl sites for hydroxylation is 2. The lowest BCUT2D eigenvalue weighted by molar-refractivity contribution is 0.570. The number of anilines is 2. The smallest absolute Gasteiger partial charge is 0.266 e. The van der Waals surface area contributed by atoms with Crippen LogP contribution in [0.15, 0.2) is 23.1 Å². The third kappa shape index (κ3) is 2.36. The largest absolute Gasteiger partial charge is 0.399 e. The predicted octanol–water partition coefficient (Wildman–Crippen LogP) is 2.15. The molecule has 0 aliphatic heterocycles. The van der Waals surface area contributed by atoms with Crippen LogP contribution >= 0.6 is 11.3 Å². The zero-order chi connectivity index (χ0) is 14.3. The van der Waals surface area contributed by atoms with E-state index in [1.807, 2.05) is 0 Å². The fourth-order valence-electron chi connectivity index (χ4n) is 2.13. The molecule has 0 unspecified atom stereocenters. The number of thiazole rings is 1. The second-order valence-corrected chi connectivity index (χ2v) is 7.27. The van der Waals surface area contributed by atoms with Gasteiger partial charge in [-0.2, -0.15) is 0 Å². The standard InChI is InChI=1S/C12H12FN3O2S2/c13-8-5-4-7(14)6-11(8)20(17,18)16-12-15-9-2-1-3-10(9)19-12/h4-6H,1-3,14H2,(H,15,16). The third-order valence-corrected chi connectivity index (χ3v) is 5.62. The van der Waals surface area contributed by atoms with Crippen LogP contribution in [0.5, 0.6) is 0 Å². The number of nitrogens with two attached hydrogens (primary N) is 1. The van der Waals surface area contributed by atoms with Crippen molar-refractivity contribution in [1.82, 2.24) is 4.98 Å². The molecule has 1 heterocycles. The van der Waals surface area contributed by atoms with Crippen molar-refractivity contribution in [2.45, 2.75) is 24.2 Å². The molecule has 0 amide bonds. The minimum atomic E-state index is -4.01. The van der Waals surface area contributed by atoms with Gasteiger partial charge in [0.15, 0.2) is 5.13 Å². The van der Waals surface area contributed by atoms with Gasteiger partial charge in [-0.15, -0.1) is 11.3 Å². The van der Waals surface area contributed by atoms with Crippen LogP contribution in [0.4, 0.5) is 15.2 Å². The highest BCUT2D eigenvalue weighted by atomic mass is 32.2. The highest BCUT2D eigenvalue weighted by Gasteiger charge is 2.23. The average Bonchev–Trinajstić information content (AvgIpc) is 2.92. The first-order valence-electron chi connectivity index (χ1n) is 6.02. The molecule has 1 aromatic heterocycles. The maximum absolute atomic E-state index is 13.6. The van der Waals surface area contributed by atoms with E-state index in [-0.39, 0.29) is 10.8 Å².